The van der Waals surface area contributed by atoms with Crippen LogP contribution in [0, 0.1) is 11.5 Å². The van der Waals surface area contributed by atoms with Gasteiger partial charge in [-0.15, -0.1) is 11.8 Å². The molecule has 0 aromatic heterocycles. The van der Waals surface area contributed by atoms with Gasteiger partial charge in [-0.05, 0) is 0 Å². The van der Waals surface area contributed by atoms with E-state index in [2.05, 4.69) is 10.8 Å². The minimum Gasteiger partial charge on any atom is -0.352 e. The first-order valence-electron chi connectivity index (χ1n) is 1.70. The van der Waals surface area contributed by atoms with E-state index in [0.29, 0.717) is 5.75 Å². The fraction of sp³-hybridized carbons (Fsp3) is 0.250. The van der Waals surface area contributed by atoms with Crippen molar-refractivity contribution in [1.29, 1.82) is 5.26 Å². The summed E-state index contributed by atoms with van der Waals surface area (Å²) in [5.74, 6) is 0.660. The molecule has 0 atom stereocenters. The van der Waals surface area contributed by atoms with Gasteiger partial charge < -0.3 is 4.18 Å². The fourth-order valence-corrected chi connectivity index (χ4v) is 0.325. The van der Waals surface area contributed by atoms with Gasteiger partial charge in [0, 0.05) is 0 Å². The van der Waals surface area contributed by atoms with Crippen LogP contribution in [0.15, 0.2) is 12.7 Å². The molecule has 0 saturated heterocycles. The van der Waals surface area contributed by atoms with E-state index >= 15 is 0 Å². The minimum atomic E-state index is 0.660. The predicted molar refractivity (Wildman–Crippen MR) is 29.4 cm³/mol. The van der Waals surface area contributed by atoms with E-state index < -0.39 is 0 Å². The van der Waals surface area contributed by atoms with E-state index in [1.807, 2.05) is 0 Å². The highest BCUT2D eigenvalue weighted by molar-refractivity contribution is 7.94. The fourth-order valence-electron chi connectivity index (χ4n) is 0.108. The lowest BCUT2D eigenvalue weighted by atomic mass is 10.8. The molecule has 0 unspecified atom stereocenters. The quantitative estimate of drug-likeness (QED) is 0.241. The number of nitrogens with zero attached hydrogens (tertiary/aromatic N) is 1. The van der Waals surface area contributed by atoms with Crippen molar-refractivity contribution in [1.82, 2.24) is 0 Å². The van der Waals surface area contributed by atoms with E-state index in [4.69, 9.17) is 5.26 Å². The molecule has 0 aromatic carbocycles. The van der Waals surface area contributed by atoms with Gasteiger partial charge in [-0.1, -0.05) is 6.08 Å². The Morgan fingerprint density at radius 3 is 3.14 bits per heavy atom. The summed E-state index contributed by atoms with van der Waals surface area (Å²) in [5.41, 5.74) is 0. The summed E-state index contributed by atoms with van der Waals surface area (Å²) < 4.78 is 4.22. The Morgan fingerprint density at radius 1 is 2.00 bits per heavy atom. The standard InChI is InChI=1S/C4H5NOS/c1-2-3-7-6-4-5/h2H,1,3H2. The van der Waals surface area contributed by atoms with Crippen LogP contribution in [0.5, 0.6) is 0 Å². The molecule has 0 fully saturated rings. The molecular weight excluding hydrogens is 110 g/mol. The Kier molecular flexibility index (Phi) is 4.90. The maximum Gasteiger partial charge on any atom is 0.299 e. The highest BCUT2D eigenvalue weighted by Crippen LogP contribution is 1.98. The van der Waals surface area contributed by atoms with Gasteiger partial charge in [-0.3, -0.25) is 0 Å². The lowest BCUT2D eigenvalue weighted by Crippen LogP contribution is -1.67. The second-order valence-electron chi connectivity index (χ2n) is 0.748. The lowest BCUT2D eigenvalue weighted by Gasteiger charge is -1.82. The van der Waals surface area contributed by atoms with Crippen molar-refractivity contribution in [3.8, 4) is 6.26 Å². The molecule has 0 amide bonds. The zero-order valence-corrected chi connectivity index (χ0v) is 4.57. The molecule has 0 aliphatic carbocycles. The third kappa shape index (κ3) is 5.38. The lowest BCUT2D eigenvalue weighted by molar-refractivity contribution is 0.596. The Hall–Kier alpha value is -0.620. The van der Waals surface area contributed by atoms with Gasteiger partial charge >= 0.3 is 0 Å². The van der Waals surface area contributed by atoms with Gasteiger partial charge in [0.15, 0.2) is 0 Å². The molecule has 0 spiro atoms. The Morgan fingerprint density at radius 2 is 2.71 bits per heavy atom. The van der Waals surface area contributed by atoms with E-state index in [1.165, 1.54) is 6.26 Å². The van der Waals surface area contributed by atoms with Crippen molar-refractivity contribution in [3.63, 3.8) is 0 Å². The average Bonchev–Trinajstić information content (AvgIpc) is 1.69. The highest BCUT2D eigenvalue weighted by Gasteiger charge is 1.76. The first-order chi connectivity index (χ1) is 3.41. The topological polar surface area (TPSA) is 33.0 Å². The summed E-state index contributed by atoms with van der Waals surface area (Å²) in [6, 6.07) is 0. The van der Waals surface area contributed by atoms with Crippen molar-refractivity contribution in [2.75, 3.05) is 5.75 Å². The molecule has 0 aromatic rings. The zero-order valence-electron chi connectivity index (χ0n) is 3.76. The van der Waals surface area contributed by atoms with Crippen molar-refractivity contribution in [2.45, 2.75) is 0 Å². The van der Waals surface area contributed by atoms with Gasteiger partial charge in [0.05, 0.1) is 17.8 Å². The summed E-state index contributed by atoms with van der Waals surface area (Å²) in [7, 11) is 0. The van der Waals surface area contributed by atoms with Crippen molar-refractivity contribution >= 4 is 12.0 Å². The number of nitriles is 1. The second-order valence-corrected chi connectivity index (χ2v) is 1.48. The molecule has 3 heteroatoms. The maximum absolute atomic E-state index is 7.77. The van der Waals surface area contributed by atoms with E-state index in [-0.39, 0.29) is 0 Å². The van der Waals surface area contributed by atoms with Gasteiger partial charge in [-0.25, -0.2) is 0 Å². The van der Waals surface area contributed by atoms with Crippen LogP contribution in [0.2, 0.25) is 0 Å². The summed E-state index contributed by atoms with van der Waals surface area (Å²) in [6.07, 6.45) is 3.19. The first kappa shape index (κ1) is 6.38. The zero-order chi connectivity index (χ0) is 5.54. The van der Waals surface area contributed by atoms with Crippen LogP contribution in [0.25, 0.3) is 0 Å². The SMILES string of the molecule is C=CCSOC#N. The summed E-state index contributed by atoms with van der Waals surface area (Å²) in [6.45, 7) is 3.42. The molecule has 7 heavy (non-hydrogen) atoms. The molecular formula is C4H5NOS. The first-order valence-corrected chi connectivity index (χ1v) is 2.61. The molecule has 2 nitrogen and oxygen atoms in total. The molecule has 0 heterocycles. The van der Waals surface area contributed by atoms with Crippen LogP contribution < -0.4 is 0 Å². The molecule has 0 aliphatic rings. The molecule has 0 bridgehead atoms. The van der Waals surface area contributed by atoms with Crippen LogP contribution in [0.3, 0.4) is 0 Å². The van der Waals surface area contributed by atoms with Gasteiger partial charge in [0.25, 0.3) is 6.26 Å². The van der Waals surface area contributed by atoms with E-state index in [9.17, 15) is 0 Å². The summed E-state index contributed by atoms with van der Waals surface area (Å²) in [5, 5.41) is 7.77. The average molecular weight is 115 g/mol. The monoisotopic (exact) mass is 115 g/mol. The van der Waals surface area contributed by atoms with E-state index in [1.54, 1.807) is 6.08 Å². The van der Waals surface area contributed by atoms with Crippen molar-refractivity contribution in [2.24, 2.45) is 0 Å². The summed E-state index contributed by atoms with van der Waals surface area (Å²) in [4.78, 5) is 0. The Balaban J connectivity index is 2.72. The third-order valence-electron chi connectivity index (χ3n) is 0.282. The molecule has 38 valence electrons. The molecule has 0 N–H and O–H groups in total. The number of rotatable bonds is 3. The Bertz CT molecular complexity index is 86.2. The largest absolute Gasteiger partial charge is 0.352 e. The third-order valence-corrected chi connectivity index (χ3v) is 0.846. The smallest absolute Gasteiger partial charge is 0.299 e. The second kappa shape index (κ2) is 5.38. The van der Waals surface area contributed by atoms with Gasteiger partial charge in [-0.2, -0.15) is 0 Å². The van der Waals surface area contributed by atoms with Gasteiger partial charge in [0.1, 0.15) is 0 Å². The van der Waals surface area contributed by atoms with Gasteiger partial charge in [0.2, 0.25) is 0 Å². The molecule has 0 radical (unpaired) electrons. The molecule has 0 rings (SSSR count). The van der Waals surface area contributed by atoms with Crippen molar-refractivity contribution < 1.29 is 4.18 Å². The van der Waals surface area contributed by atoms with Crippen LogP contribution in [0.1, 0.15) is 0 Å². The van der Waals surface area contributed by atoms with Crippen LogP contribution in [0.4, 0.5) is 0 Å². The van der Waals surface area contributed by atoms with Crippen LogP contribution >= 0.6 is 12.0 Å². The van der Waals surface area contributed by atoms with E-state index in [0.717, 1.165) is 12.0 Å². The van der Waals surface area contributed by atoms with Crippen LogP contribution in [-0.2, 0) is 4.18 Å². The summed E-state index contributed by atoms with van der Waals surface area (Å²) >= 11 is 1.07. The predicted octanol–water partition coefficient (Wildman–Crippen LogP) is 1.32. The minimum absolute atomic E-state index is 0.660. The number of hydrogen-bond acceptors (Lipinski definition) is 3. The van der Waals surface area contributed by atoms with Crippen LogP contribution in [-0.4, -0.2) is 5.75 Å². The Labute approximate surface area is 47.0 Å². The number of hydrogen-bond donors (Lipinski definition) is 0. The van der Waals surface area contributed by atoms with Crippen molar-refractivity contribution in [3.05, 3.63) is 12.7 Å². The maximum atomic E-state index is 7.77. The highest BCUT2D eigenvalue weighted by atomic mass is 32.2. The molecule has 0 saturated carbocycles. The molecule has 0 aliphatic heterocycles. The normalized spacial score (nSPS) is 6.71.